The number of hydrogen-bond donors (Lipinski definition) is 0. The quantitative estimate of drug-likeness (QED) is 0.538. The van der Waals surface area contributed by atoms with E-state index in [4.69, 9.17) is 4.74 Å². The van der Waals surface area contributed by atoms with Gasteiger partial charge in [-0.2, -0.15) is 0 Å². The van der Waals surface area contributed by atoms with Crippen molar-refractivity contribution in [3.63, 3.8) is 0 Å². The minimum Gasteiger partial charge on any atom is -0.461 e. The first-order valence-electron chi connectivity index (χ1n) is 4.31. The number of carbonyl (C=O) groups excluding carboxylic acids is 1. The molecule has 4 nitrogen and oxygen atoms in total. The Hall–Kier alpha value is -0.610. The van der Waals surface area contributed by atoms with E-state index in [0.717, 1.165) is 24.3 Å². The van der Waals surface area contributed by atoms with Crippen molar-refractivity contribution in [2.75, 3.05) is 0 Å². The molecule has 1 radical (unpaired) electrons. The Morgan fingerprint density at radius 1 is 1.50 bits per heavy atom. The molecule has 0 aromatic heterocycles. The van der Waals surface area contributed by atoms with Gasteiger partial charge in [0.15, 0.2) is 0 Å². The smallest absolute Gasteiger partial charge is 0.302 e. The molecule has 2 rings (SSSR count). The average molecular weight is 170 g/mol. The van der Waals surface area contributed by atoms with Crippen molar-refractivity contribution in [2.45, 2.75) is 44.4 Å². The molecule has 0 amide bonds. The average Bonchev–Trinajstić information content (AvgIpc) is 2.44. The van der Waals surface area contributed by atoms with Crippen LogP contribution in [-0.2, 0) is 14.7 Å². The molecule has 3 atom stereocenters. The van der Waals surface area contributed by atoms with Crippen LogP contribution in [0.15, 0.2) is 0 Å². The molecule has 0 aromatic carbocycles. The summed E-state index contributed by atoms with van der Waals surface area (Å²) in [5.41, 5.74) is 0. The maximum absolute atomic E-state index is 11.3. The number of fused-ring (bicyclic) bond motifs is 2. The number of nitrogens with zero attached hydrogens (tertiary/aromatic N) is 1. The third-order valence-electron chi connectivity index (χ3n) is 2.73. The van der Waals surface area contributed by atoms with E-state index in [9.17, 15) is 10.0 Å². The third-order valence-corrected chi connectivity index (χ3v) is 2.73. The van der Waals surface area contributed by atoms with Crippen molar-refractivity contribution in [1.82, 2.24) is 5.06 Å². The van der Waals surface area contributed by atoms with Crippen LogP contribution in [0.1, 0.15) is 26.2 Å². The summed E-state index contributed by atoms with van der Waals surface area (Å²) in [4.78, 5) is 10.6. The Morgan fingerprint density at radius 2 is 2.25 bits per heavy atom. The number of hydrogen-bond acceptors (Lipinski definition) is 3. The van der Waals surface area contributed by atoms with Gasteiger partial charge in [-0.3, -0.25) is 4.79 Å². The largest absolute Gasteiger partial charge is 0.461 e. The lowest BCUT2D eigenvalue weighted by atomic mass is 9.98. The Balaban J connectivity index is 1.99. The van der Waals surface area contributed by atoms with Gasteiger partial charge in [-0.25, -0.2) is 0 Å². The summed E-state index contributed by atoms with van der Waals surface area (Å²) in [6, 6.07) is 0.0539. The summed E-state index contributed by atoms with van der Waals surface area (Å²) in [6.07, 6.45) is 2.44. The summed E-state index contributed by atoms with van der Waals surface area (Å²) < 4.78 is 5.03. The molecule has 0 aromatic rings. The lowest BCUT2D eigenvalue weighted by Crippen LogP contribution is -2.31. The van der Waals surface area contributed by atoms with Crippen LogP contribution in [0.5, 0.6) is 0 Å². The molecule has 0 spiro atoms. The van der Waals surface area contributed by atoms with Crippen molar-refractivity contribution in [1.29, 1.82) is 0 Å². The zero-order valence-electron chi connectivity index (χ0n) is 7.03. The molecule has 0 saturated carbocycles. The lowest BCUT2D eigenvalue weighted by molar-refractivity contribution is -0.183. The molecule has 2 saturated heterocycles. The Kier molecular flexibility index (Phi) is 1.81. The lowest BCUT2D eigenvalue weighted by Gasteiger charge is -2.19. The minimum absolute atomic E-state index is 0.0566. The van der Waals surface area contributed by atoms with Gasteiger partial charge < -0.3 is 4.74 Å². The first kappa shape index (κ1) is 8.01. The van der Waals surface area contributed by atoms with E-state index in [-0.39, 0.29) is 24.2 Å². The molecule has 0 aliphatic carbocycles. The molecule has 2 aliphatic rings. The second-order valence-corrected chi connectivity index (χ2v) is 3.54. The van der Waals surface area contributed by atoms with E-state index < -0.39 is 0 Å². The summed E-state index contributed by atoms with van der Waals surface area (Å²) in [5.74, 6) is -0.277. The third kappa shape index (κ3) is 1.11. The van der Waals surface area contributed by atoms with Crippen molar-refractivity contribution in [3.8, 4) is 0 Å². The zero-order chi connectivity index (χ0) is 8.72. The van der Waals surface area contributed by atoms with Crippen molar-refractivity contribution < 1.29 is 14.7 Å². The fourth-order valence-electron chi connectivity index (χ4n) is 2.22. The van der Waals surface area contributed by atoms with Crippen LogP contribution < -0.4 is 0 Å². The van der Waals surface area contributed by atoms with Gasteiger partial charge in [-0.1, -0.05) is 0 Å². The highest BCUT2D eigenvalue weighted by atomic mass is 16.6. The van der Waals surface area contributed by atoms with E-state index in [0.29, 0.717) is 0 Å². The SMILES string of the molecule is CC(=O)OC1CC2CCC1N2[O]. The Labute approximate surface area is 71.1 Å². The predicted octanol–water partition coefficient (Wildman–Crippen LogP) is 0.500. The highest BCUT2D eigenvalue weighted by Gasteiger charge is 2.48. The second-order valence-electron chi connectivity index (χ2n) is 3.54. The van der Waals surface area contributed by atoms with Gasteiger partial charge in [0, 0.05) is 19.4 Å². The van der Waals surface area contributed by atoms with Gasteiger partial charge in [0.1, 0.15) is 6.10 Å². The normalized spacial score (nSPS) is 40.3. The fourth-order valence-corrected chi connectivity index (χ4v) is 2.22. The summed E-state index contributed by atoms with van der Waals surface area (Å²) in [7, 11) is 0. The predicted molar refractivity (Wildman–Crippen MR) is 39.5 cm³/mol. The van der Waals surface area contributed by atoms with Crippen molar-refractivity contribution in [2.24, 2.45) is 0 Å². The van der Waals surface area contributed by atoms with Crippen LogP contribution in [0.25, 0.3) is 0 Å². The van der Waals surface area contributed by atoms with Gasteiger partial charge in [0.05, 0.1) is 6.04 Å². The molecular formula is C8H12NO3. The van der Waals surface area contributed by atoms with Gasteiger partial charge in [-0.15, -0.1) is 10.3 Å². The van der Waals surface area contributed by atoms with E-state index >= 15 is 0 Å². The van der Waals surface area contributed by atoms with E-state index in [1.54, 1.807) is 0 Å². The zero-order valence-corrected chi connectivity index (χ0v) is 7.03. The Morgan fingerprint density at radius 3 is 2.67 bits per heavy atom. The number of carbonyl (C=O) groups is 1. The molecular weight excluding hydrogens is 158 g/mol. The maximum atomic E-state index is 11.3. The van der Waals surface area contributed by atoms with Crippen LogP contribution in [0.4, 0.5) is 0 Å². The molecule has 2 fully saturated rings. The number of rotatable bonds is 1. The van der Waals surface area contributed by atoms with E-state index in [2.05, 4.69) is 0 Å². The molecule has 2 bridgehead atoms. The van der Waals surface area contributed by atoms with Gasteiger partial charge in [0.2, 0.25) is 0 Å². The summed E-state index contributed by atoms with van der Waals surface area (Å²) in [6.45, 7) is 1.39. The van der Waals surface area contributed by atoms with E-state index in [1.165, 1.54) is 6.92 Å². The summed E-state index contributed by atoms with van der Waals surface area (Å²) >= 11 is 0. The van der Waals surface area contributed by atoms with Crippen molar-refractivity contribution >= 4 is 5.97 Å². The minimum atomic E-state index is -0.277. The van der Waals surface area contributed by atoms with Crippen LogP contribution in [0, 0.1) is 0 Å². The molecule has 4 heteroatoms. The van der Waals surface area contributed by atoms with Crippen LogP contribution in [0.3, 0.4) is 0 Å². The highest BCUT2D eigenvalue weighted by molar-refractivity contribution is 5.66. The monoisotopic (exact) mass is 170 g/mol. The molecule has 12 heavy (non-hydrogen) atoms. The van der Waals surface area contributed by atoms with Crippen molar-refractivity contribution in [3.05, 3.63) is 0 Å². The number of ether oxygens (including phenoxy) is 1. The first-order chi connectivity index (χ1) is 5.68. The second kappa shape index (κ2) is 2.71. The fraction of sp³-hybridized carbons (Fsp3) is 0.875. The number of esters is 1. The number of hydroxylamine groups is 2. The first-order valence-corrected chi connectivity index (χ1v) is 4.31. The summed E-state index contributed by atoms with van der Waals surface area (Å²) in [5, 5.41) is 12.4. The molecule has 3 unspecified atom stereocenters. The highest BCUT2D eigenvalue weighted by Crippen LogP contribution is 2.37. The standard InChI is InChI=1S/C8H12NO3/c1-5(10)12-8-4-6-2-3-7(8)9(6)11/h6-8H,2-4H2,1H3. The topological polar surface area (TPSA) is 49.4 Å². The van der Waals surface area contributed by atoms with Gasteiger partial charge in [-0.05, 0) is 12.8 Å². The van der Waals surface area contributed by atoms with Gasteiger partial charge in [0.25, 0.3) is 0 Å². The van der Waals surface area contributed by atoms with Gasteiger partial charge >= 0.3 is 5.97 Å². The van der Waals surface area contributed by atoms with E-state index in [1.807, 2.05) is 0 Å². The van der Waals surface area contributed by atoms with Crippen LogP contribution >= 0.6 is 0 Å². The molecule has 0 N–H and O–H groups in total. The molecule has 2 heterocycles. The Bertz CT molecular complexity index is 206. The van der Waals surface area contributed by atoms with Crippen LogP contribution in [0.2, 0.25) is 0 Å². The maximum Gasteiger partial charge on any atom is 0.302 e. The molecule has 2 aliphatic heterocycles. The van der Waals surface area contributed by atoms with Crippen LogP contribution in [-0.4, -0.2) is 29.2 Å². The molecule has 67 valence electrons.